The fourth-order valence-electron chi connectivity index (χ4n) is 4.39. The second-order valence-corrected chi connectivity index (χ2v) is 7.45. The molecule has 0 saturated heterocycles. The molecule has 0 aliphatic rings. The number of nitrogens with zero attached hydrogens (tertiary/aromatic N) is 1. The third-order valence-electron chi connectivity index (χ3n) is 5.83. The number of benzene rings is 4. The zero-order chi connectivity index (χ0) is 18.8. The van der Waals surface area contributed by atoms with Crippen LogP contribution in [-0.4, -0.2) is 4.98 Å². The molecular formula is C25H19N2O+. The van der Waals surface area contributed by atoms with Crippen LogP contribution in [0, 0.1) is 6.92 Å². The average Bonchev–Trinajstić information content (AvgIpc) is 3.26. The van der Waals surface area contributed by atoms with Crippen molar-refractivity contribution in [3.63, 3.8) is 0 Å². The summed E-state index contributed by atoms with van der Waals surface area (Å²) in [7, 11) is 2.10. The number of imidazole rings is 1. The van der Waals surface area contributed by atoms with E-state index in [4.69, 9.17) is 4.42 Å². The zero-order valence-electron chi connectivity index (χ0n) is 15.8. The van der Waals surface area contributed by atoms with E-state index in [9.17, 15) is 0 Å². The molecule has 28 heavy (non-hydrogen) atoms. The van der Waals surface area contributed by atoms with Crippen LogP contribution in [0.15, 0.2) is 77.2 Å². The summed E-state index contributed by atoms with van der Waals surface area (Å²) < 4.78 is 8.76. The Kier molecular flexibility index (Phi) is 3.01. The number of rotatable bonds is 1. The van der Waals surface area contributed by atoms with Crippen LogP contribution in [0.1, 0.15) is 5.56 Å². The number of aryl methyl sites for hydroxylation is 2. The van der Waals surface area contributed by atoms with Gasteiger partial charge in [-0.15, -0.1) is 0 Å². The summed E-state index contributed by atoms with van der Waals surface area (Å²) in [4.78, 5) is 3.60. The summed E-state index contributed by atoms with van der Waals surface area (Å²) in [6, 6.07) is 25.5. The molecule has 1 N–H and O–H groups in total. The van der Waals surface area contributed by atoms with Crippen LogP contribution in [0.5, 0.6) is 0 Å². The number of hydrogen-bond donors (Lipinski definition) is 1. The Morgan fingerprint density at radius 3 is 2.39 bits per heavy atom. The van der Waals surface area contributed by atoms with E-state index in [0.717, 1.165) is 44.2 Å². The van der Waals surface area contributed by atoms with Gasteiger partial charge in [-0.3, -0.25) is 0 Å². The van der Waals surface area contributed by atoms with Gasteiger partial charge in [-0.1, -0.05) is 54.6 Å². The van der Waals surface area contributed by atoms with Crippen LogP contribution in [0.25, 0.3) is 55.1 Å². The number of H-pyrrole nitrogens is 1. The Morgan fingerprint density at radius 1 is 0.750 bits per heavy atom. The third-order valence-corrected chi connectivity index (χ3v) is 5.83. The molecule has 0 aliphatic carbocycles. The fraction of sp³-hybridized carbons (Fsp3) is 0.0800. The van der Waals surface area contributed by atoms with Gasteiger partial charge in [0.1, 0.15) is 11.1 Å². The van der Waals surface area contributed by atoms with E-state index >= 15 is 0 Å². The summed E-state index contributed by atoms with van der Waals surface area (Å²) >= 11 is 0. The summed E-state index contributed by atoms with van der Waals surface area (Å²) in [5.74, 6) is 1.06. The molecule has 0 unspecified atom stereocenters. The third kappa shape index (κ3) is 1.96. The number of furan rings is 1. The highest BCUT2D eigenvalue weighted by molar-refractivity contribution is 6.17. The van der Waals surface area contributed by atoms with Crippen LogP contribution < -0.4 is 4.57 Å². The Morgan fingerprint density at radius 2 is 1.50 bits per heavy atom. The van der Waals surface area contributed by atoms with Gasteiger partial charge in [0.05, 0.1) is 7.05 Å². The first-order chi connectivity index (χ1) is 13.7. The molecule has 0 spiro atoms. The van der Waals surface area contributed by atoms with E-state index in [0.29, 0.717) is 0 Å². The molecule has 3 heteroatoms. The maximum absolute atomic E-state index is 6.55. The van der Waals surface area contributed by atoms with Crippen molar-refractivity contribution >= 4 is 43.7 Å². The minimum absolute atomic E-state index is 0.938. The van der Waals surface area contributed by atoms with Gasteiger partial charge in [0.2, 0.25) is 0 Å². The molecule has 134 valence electrons. The maximum atomic E-state index is 6.55. The first-order valence-corrected chi connectivity index (χ1v) is 9.53. The van der Waals surface area contributed by atoms with Gasteiger partial charge < -0.3 is 4.42 Å². The van der Waals surface area contributed by atoms with Crippen LogP contribution >= 0.6 is 0 Å². The Bertz CT molecular complexity index is 1530. The molecule has 0 fully saturated rings. The lowest BCUT2D eigenvalue weighted by Crippen LogP contribution is -2.29. The highest BCUT2D eigenvalue weighted by Gasteiger charge is 2.24. The molecule has 2 aromatic heterocycles. The van der Waals surface area contributed by atoms with Gasteiger partial charge in [0.25, 0.3) is 5.82 Å². The van der Waals surface area contributed by atoms with Crippen molar-refractivity contribution in [3.05, 3.63) is 78.4 Å². The van der Waals surface area contributed by atoms with Crippen LogP contribution in [0.2, 0.25) is 0 Å². The van der Waals surface area contributed by atoms with E-state index in [1.54, 1.807) is 0 Å². The number of nitrogens with one attached hydrogen (secondary N) is 1. The molecule has 2 heterocycles. The van der Waals surface area contributed by atoms with Crippen molar-refractivity contribution in [1.82, 2.24) is 4.98 Å². The van der Waals surface area contributed by atoms with Gasteiger partial charge in [0, 0.05) is 16.2 Å². The summed E-state index contributed by atoms with van der Waals surface area (Å²) in [5, 5.41) is 4.66. The topological polar surface area (TPSA) is 32.8 Å². The largest absolute Gasteiger partial charge is 0.454 e. The first-order valence-electron chi connectivity index (χ1n) is 9.53. The van der Waals surface area contributed by atoms with Crippen LogP contribution in [0.4, 0.5) is 0 Å². The lowest BCUT2D eigenvalue weighted by Gasteiger charge is -2.02. The second-order valence-electron chi connectivity index (χ2n) is 7.45. The average molecular weight is 363 g/mol. The number of fused-ring (bicyclic) bond motifs is 6. The standard InChI is InChI=1S/C25H18N2O/c1-15-11-13-19-18-14-12-16-7-3-4-8-17(16)23(18)28-24(19)22(15)25-26-20-9-5-6-10-21(20)27(25)2/h3-14H,1-2H3/p+1. The van der Waals surface area contributed by atoms with E-state index in [-0.39, 0.29) is 0 Å². The lowest BCUT2D eigenvalue weighted by molar-refractivity contribution is -0.633. The molecule has 0 bridgehead atoms. The minimum atomic E-state index is 0.938. The van der Waals surface area contributed by atoms with E-state index < -0.39 is 0 Å². The molecule has 6 rings (SSSR count). The molecule has 0 atom stereocenters. The van der Waals surface area contributed by atoms with E-state index in [1.165, 1.54) is 16.5 Å². The molecule has 0 amide bonds. The quantitative estimate of drug-likeness (QED) is 0.356. The van der Waals surface area contributed by atoms with E-state index in [1.807, 2.05) is 0 Å². The van der Waals surface area contributed by atoms with Gasteiger partial charge in [-0.05, 0) is 36.1 Å². The highest BCUT2D eigenvalue weighted by atomic mass is 16.3. The molecule has 0 aliphatic heterocycles. The molecule has 0 radical (unpaired) electrons. The predicted octanol–water partition coefficient (Wildman–Crippen LogP) is 6.02. The summed E-state index contributed by atoms with van der Waals surface area (Å²) in [5.41, 5.74) is 6.51. The number of aromatic amines is 1. The maximum Gasteiger partial charge on any atom is 0.291 e. The smallest absolute Gasteiger partial charge is 0.291 e. The SMILES string of the molecule is Cc1ccc2c(oc3c4ccccc4ccc23)c1-c1[nH]c2ccccc2[n+]1C. The van der Waals surface area contributed by atoms with Crippen molar-refractivity contribution in [2.24, 2.45) is 7.05 Å². The van der Waals surface area contributed by atoms with Gasteiger partial charge in [-0.2, -0.15) is 0 Å². The molecule has 3 nitrogen and oxygen atoms in total. The molecule has 4 aromatic carbocycles. The zero-order valence-corrected chi connectivity index (χ0v) is 15.8. The number of para-hydroxylation sites is 2. The number of hydrogen-bond acceptors (Lipinski definition) is 1. The number of aromatic nitrogens is 2. The fourth-order valence-corrected chi connectivity index (χ4v) is 4.39. The molecule has 0 saturated carbocycles. The Labute approximate surface area is 161 Å². The summed E-state index contributed by atoms with van der Waals surface area (Å²) in [6.45, 7) is 2.14. The van der Waals surface area contributed by atoms with Crippen molar-refractivity contribution < 1.29 is 8.98 Å². The van der Waals surface area contributed by atoms with Crippen molar-refractivity contribution in [3.8, 4) is 11.4 Å². The van der Waals surface area contributed by atoms with Gasteiger partial charge in [0.15, 0.2) is 16.6 Å². The minimum Gasteiger partial charge on any atom is -0.454 e. The Balaban J connectivity index is 1.78. The molecular weight excluding hydrogens is 344 g/mol. The molecule has 6 aromatic rings. The van der Waals surface area contributed by atoms with Crippen LogP contribution in [-0.2, 0) is 7.05 Å². The van der Waals surface area contributed by atoms with Crippen LogP contribution in [0.3, 0.4) is 0 Å². The van der Waals surface area contributed by atoms with E-state index in [2.05, 4.69) is 96.3 Å². The van der Waals surface area contributed by atoms with Crippen molar-refractivity contribution in [2.45, 2.75) is 6.92 Å². The highest BCUT2D eigenvalue weighted by Crippen LogP contribution is 2.39. The van der Waals surface area contributed by atoms with Crippen molar-refractivity contribution in [1.29, 1.82) is 0 Å². The monoisotopic (exact) mass is 363 g/mol. The lowest BCUT2D eigenvalue weighted by atomic mass is 10.0. The summed E-state index contributed by atoms with van der Waals surface area (Å²) in [6.07, 6.45) is 0. The van der Waals surface area contributed by atoms with Gasteiger partial charge >= 0.3 is 0 Å². The first kappa shape index (κ1) is 15.5. The normalized spacial score (nSPS) is 11.9. The second kappa shape index (κ2) is 5.46. The Hall–Kier alpha value is -3.59. The van der Waals surface area contributed by atoms with Gasteiger partial charge in [-0.25, -0.2) is 9.55 Å². The van der Waals surface area contributed by atoms with Crippen molar-refractivity contribution in [2.75, 3.05) is 0 Å². The predicted molar refractivity (Wildman–Crippen MR) is 114 cm³/mol.